The van der Waals surface area contributed by atoms with E-state index in [1.165, 1.54) is 0 Å². The molecule has 0 heterocycles. The van der Waals surface area contributed by atoms with Crippen molar-refractivity contribution in [3.63, 3.8) is 0 Å². The number of rotatable bonds is 2. The Kier molecular flexibility index (Phi) is 4.45. The first-order valence-corrected chi connectivity index (χ1v) is 5.79. The van der Waals surface area contributed by atoms with E-state index in [1.807, 2.05) is 25.1 Å². The number of amides is 1. The second-order valence-corrected chi connectivity index (χ2v) is 4.57. The summed E-state index contributed by atoms with van der Waals surface area (Å²) in [5.74, 6) is -0.726. The Morgan fingerprint density at radius 3 is 2.71 bits per heavy atom. The van der Waals surface area contributed by atoms with Crippen LogP contribution in [0.4, 0.5) is 0 Å². The number of benzene rings is 1. The number of hydrogen-bond donors (Lipinski definition) is 3. The van der Waals surface area contributed by atoms with Gasteiger partial charge in [0.15, 0.2) is 5.96 Å². The van der Waals surface area contributed by atoms with Gasteiger partial charge in [-0.05, 0) is 37.1 Å². The number of nitrogens with two attached hydrogens (primary N) is 1. The SMILES string of the molecule is C/C(=C\c1ccc(C)cc1Br)C(=O)NC(=N)N. The molecule has 0 radical (unpaired) electrons. The minimum absolute atomic E-state index is 0.356. The summed E-state index contributed by atoms with van der Waals surface area (Å²) in [5.41, 5.74) is 7.63. The second-order valence-electron chi connectivity index (χ2n) is 3.72. The van der Waals surface area contributed by atoms with Gasteiger partial charge >= 0.3 is 0 Å². The van der Waals surface area contributed by atoms with Gasteiger partial charge in [0.05, 0.1) is 0 Å². The third kappa shape index (κ3) is 4.03. The molecule has 0 fully saturated rings. The third-order valence-corrected chi connectivity index (χ3v) is 2.82. The highest BCUT2D eigenvalue weighted by molar-refractivity contribution is 9.10. The summed E-state index contributed by atoms with van der Waals surface area (Å²) >= 11 is 3.43. The zero-order valence-corrected chi connectivity index (χ0v) is 11.3. The van der Waals surface area contributed by atoms with Crippen molar-refractivity contribution in [2.24, 2.45) is 5.73 Å². The van der Waals surface area contributed by atoms with Crippen LogP contribution in [0.2, 0.25) is 0 Å². The summed E-state index contributed by atoms with van der Waals surface area (Å²) in [6.07, 6.45) is 1.74. The number of guanidine groups is 1. The normalized spacial score (nSPS) is 11.1. The molecule has 17 heavy (non-hydrogen) atoms. The number of aryl methyl sites for hydroxylation is 1. The quantitative estimate of drug-likeness (QED) is 0.444. The van der Waals surface area contributed by atoms with E-state index in [0.29, 0.717) is 5.57 Å². The summed E-state index contributed by atoms with van der Waals surface area (Å²) in [6.45, 7) is 3.66. The highest BCUT2D eigenvalue weighted by Gasteiger charge is 2.06. The first-order chi connectivity index (χ1) is 7.90. The van der Waals surface area contributed by atoms with Crippen molar-refractivity contribution >= 4 is 33.9 Å². The molecule has 0 saturated heterocycles. The fraction of sp³-hybridized carbons (Fsp3) is 0.167. The van der Waals surface area contributed by atoms with E-state index in [2.05, 4.69) is 21.2 Å². The lowest BCUT2D eigenvalue weighted by atomic mass is 10.1. The highest BCUT2D eigenvalue weighted by Crippen LogP contribution is 2.20. The average molecular weight is 296 g/mol. The van der Waals surface area contributed by atoms with Crippen molar-refractivity contribution in [2.75, 3.05) is 0 Å². The van der Waals surface area contributed by atoms with Crippen LogP contribution in [0, 0.1) is 12.3 Å². The van der Waals surface area contributed by atoms with Gasteiger partial charge in [-0.2, -0.15) is 0 Å². The average Bonchev–Trinajstić information content (AvgIpc) is 2.21. The molecule has 1 amide bonds. The lowest BCUT2D eigenvalue weighted by Gasteiger charge is -2.04. The molecule has 90 valence electrons. The van der Waals surface area contributed by atoms with Crippen LogP contribution in [0.5, 0.6) is 0 Å². The molecule has 0 saturated carbocycles. The molecule has 0 aliphatic rings. The Balaban J connectivity index is 2.94. The maximum atomic E-state index is 11.5. The minimum atomic E-state index is -0.370. The van der Waals surface area contributed by atoms with Gasteiger partial charge in [0.25, 0.3) is 5.91 Å². The summed E-state index contributed by atoms with van der Waals surface area (Å²) in [6, 6.07) is 5.86. The van der Waals surface area contributed by atoms with Crippen LogP contribution in [-0.4, -0.2) is 11.9 Å². The lowest BCUT2D eigenvalue weighted by molar-refractivity contribution is -0.116. The van der Waals surface area contributed by atoms with E-state index in [4.69, 9.17) is 11.1 Å². The minimum Gasteiger partial charge on any atom is -0.370 e. The number of carbonyl (C=O) groups excluding carboxylic acids is 1. The first-order valence-electron chi connectivity index (χ1n) is 5.00. The van der Waals surface area contributed by atoms with Crippen molar-refractivity contribution in [1.82, 2.24) is 5.32 Å². The smallest absolute Gasteiger partial charge is 0.253 e. The van der Waals surface area contributed by atoms with Crippen LogP contribution in [0.1, 0.15) is 18.1 Å². The largest absolute Gasteiger partial charge is 0.370 e. The van der Waals surface area contributed by atoms with Gasteiger partial charge in [-0.15, -0.1) is 0 Å². The molecule has 0 spiro atoms. The summed E-state index contributed by atoms with van der Waals surface area (Å²) in [4.78, 5) is 11.5. The molecule has 0 aromatic heterocycles. The summed E-state index contributed by atoms with van der Waals surface area (Å²) in [7, 11) is 0. The van der Waals surface area contributed by atoms with E-state index in [1.54, 1.807) is 13.0 Å². The fourth-order valence-corrected chi connectivity index (χ4v) is 1.88. The zero-order valence-electron chi connectivity index (χ0n) is 9.67. The zero-order chi connectivity index (χ0) is 13.0. The van der Waals surface area contributed by atoms with Crippen molar-refractivity contribution in [1.29, 1.82) is 5.41 Å². The number of nitrogens with one attached hydrogen (secondary N) is 2. The van der Waals surface area contributed by atoms with Gasteiger partial charge in [-0.25, -0.2) is 0 Å². The van der Waals surface area contributed by atoms with Gasteiger partial charge in [-0.3, -0.25) is 15.5 Å². The van der Waals surface area contributed by atoms with Crippen molar-refractivity contribution in [3.05, 3.63) is 39.4 Å². The lowest BCUT2D eigenvalue weighted by Crippen LogP contribution is -2.36. The Morgan fingerprint density at radius 1 is 1.53 bits per heavy atom. The maximum absolute atomic E-state index is 11.5. The molecule has 0 unspecified atom stereocenters. The number of halogens is 1. The standard InChI is InChI=1S/C12H14BrN3O/c1-7-3-4-9(10(13)5-7)6-8(2)11(17)16-12(14)15/h3-6H,1-2H3,(H4,14,15,16,17)/b8-6+. The van der Waals surface area contributed by atoms with Gasteiger partial charge in [-0.1, -0.05) is 28.1 Å². The molecular formula is C12H14BrN3O. The number of carbonyl (C=O) groups is 1. The Hall–Kier alpha value is -1.62. The maximum Gasteiger partial charge on any atom is 0.253 e. The van der Waals surface area contributed by atoms with E-state index in [0.717, 1.165) is 15.6 Å². The third-order valence-electron chi connectivity index (χ3n) is 2.13. The van der Waals surface area contributed by atoms with Crippen LogP contribution >= 0.6 is 15.9 Å². The molecular weight excluding hydrogens is 282 g/mol. The molecule has 0 aliphatic heterocycles. The van der Waals surface area contributed by atoms with E-state index >= 15 is 0 Å². The Bertz CT molecular complexity index is 495. The predicted molar refractivity (Wildman–Crippen MR) is 72.6 cm³/mol. The van der Waals surface area contributed by atoms with E-state index in [9.17, 15) is 4.79 Å². The molecule has 5 heteroatoms. The summed E-state index contributed by atoms with van der Waals surface area (Å²) in [5, 5.41) is 9.21. The van der Waals surface area contributed by atoms with Gasteiger partial charge in [0.1, 0.15) is 0 Å². The molecule has 1 aromatic rings. The van der Waals surface area contributed by atoms with Crippen LogP contribution in [-0.2, 0) is 4.79 Å². The van der Waals surface area contributed by atoms with E-state index in [-0.39, 0.29) is 11.9 Å². The molecule has 0 atom stereocenters. The molecule has 4 N–H and O–H groups in total. The van der Waals surface area contributed by atoms with E-state index < -0.39 is 0 Å². The van der Waals surface area contributed by atoms with Gasteiger partial charge in [0.2, 0.25) is 0 Å². The first kappa shape index (κ1) is 13.4. The van der Waals surface area contributed by atoms with Crippen LogP contribution in [0.15, 0.2) is 28.2 Å². The molecule has 1 rings (SSSR count). The molecule has 0 aliphatic carbocycles. The van der Waals surface area contributed by atoms with Crippen LogP contribution in [0.3, 0.4) is 0 Å². The molecule has 1 aromatic carbocycles. The predicted octanol–water partition coefficient (Wildman–Crippen LogP) is 2.17. The van der Waals surface area contributed by atoms with Gasteiger partial charge in [0, 0.05) is 10.0 Å². The monoisotopic (exact) mass is 295 g/mol. The molecule has 4 nitrogen and oxygen atoms in total. The van der Waals surface area contributed by atoms with Crippen molar-refractivity contribution < 1.29 is 4.79 Å². The Morgan fingerprint density at radius 2 is 2.18 bits per heavy atom. The number of hydrogen-bond acceptors (Lipinski definition) is 2. The Labute approximate surface area is 109 Å². The van der Waals surface area contributed by atoms with Crippen LogP contribution < -0.4 is 11.1 Å². The van der Waals surface area contributed by atoms with Crippen LogP contribution in [0.25, 0.3) is 6.08 Å². The topological polar surface area (TPSA) is 79.0 Å². The highest BCUT2D eigenvalue weighted by atomic mass is 79.9. The van der Waals surface area contributed by atoms with Gasteiger partial charge < -0.3 is 5.73 Å². The molecule has 0 bridgehead atoms. The second kappa shape index (κ2) is 5.63. The summed E-state index contributed by atoms with van der Waals surface area (Å²) < 4.78 is 0.924. The van der Waals surface area contributed by atoms with Crippen molar-refractivity contribution in [2.45, 2.75) is 13.8 Å². The fourth-order valence-electron chi connectivity index (χ4n) is 1.27. The van der Waals surface area contributed by atoms with Crippen molar-refractivity contribution in [3.8, 4) is 0 Å².